The molecule has 0 saturated carbocycles. The molecule has 1 heterocycles. The Hall–Kier alpha value is -2.60. The fraction of sp³-hybridized carbons (Fsp3) is 0.368. The maximum atomic E-state index is 12.0. The van der Waals surface area contributed by atoms with Crippen LogP contribution in [0.15, 0.2) is 34.7 Å². The molecule has 0 atom stereocenters. The summed E-state index contributed by atoms with van der Waals surface area (Å²) in [5.74, 6) is 1.20. The lowest BCUT2D eigenvalue weighted by molar-refractivity contribution is -0.124. The van der Waals surface area contributed by atoms with Gasteiger partial charge >= 0.3 is 0 Å². The second kappa shape index (κ2) is 8.48. The van der Waals surface area contributed by atoms with Crippen molar-refractivity contribution in [3.8, 4) is 0 Å². The van der Waals surface area contributed by atoms with Crippen LogP contribution in [0.5, 0.6) is 0 Å². The van der Waals surface area contributed by atoms with Gasteiger partial charge in [0, 0.05) is 5.69 Å². The van der Waals surface area contributed by atoms with Gasteiger partial charge < -0.3 is 15.1 Å². The third-order valence-corrected chi connectivity index (χ3v) is 3.96. The highest BCUT2D eigenvalue weighted by Gasteiger charge is 2.11. The van der Waals surface area contributed by atoms with Gasteiger partial charge in [0.05, 0.1) is 19.6 Å². The molecule has 1 aromatic carbocycles. The maximum Gasteiger partial charge on any atom is 0.243 e. The van der Waals surface area contributed by atoms with Crippen molar-refractivity contribution < 1.29 is 14.0 Å². The molecule has 25 heavy (non-hydrogen) atoms. The summed E-state index contributed by atoms with van der Waals surface area (Å²) in [7, 11) is 1.83. The third-order valence-electron chi connectivity index (χ3n) is 3.96. The molecule has 0 aliphatic rings. The monoisotopic (exact) mass is 343 g/mol. The van der Waals surface area contributed by atoms with Gasteiger partial charge in [0.25, 0.3) is 0 Å². The van der Waals surface area contributed by atoms with Gasteiger partial charge in [-0.3, -0.25) is 14.5 Å². The van der Waals surface area contributed by atoms with Crippen LogP contribution in [0.4, 0.5) is 5.69 Å². The van der Waals surface area contributed by atoms with Gasteiger partial charge in [-0.1, -0.05) is 12.1 Å². The predicted molar refractivity (Wildman–Crippen MR) is 97.3 cm³/mol. The summed E-state index contributed by atoms with van der Waals surface area (Å²) in [6.45, 7) is 6.50. The average Bonchev–Trinajstić information content (AvgIpc) is 2.94. The van der Waals surface area contributed by atoms with Crippen molar-refractivity contribution in [2.75, 3.05) is 25.5 Å². The fourth-order valence-electron chi connectivity index (χ4n) is 2.45. The molecule has 2 amide bonds. The van der Waals surface area contributed by atoms with E-state index in [0.717, 1.165) is 28.3 Å². The number of hydrogen-bond acceptors (Lipinski definition) is 4. The van der Waals surface area contributed by atoms with Gasteiger partial charge in [0.1, 0.15) is 11.5 Å². The summed E-state index contributed by atoms with van der Waals surface area (Å²) in [6.07, 6.45) is 0. The number of rotatable bonds is 7. The third kappa shape index (κ3) is 5.76. The van der Waals surface area contributed by atoms with Crippen LogP contribution in [-0.4, -0.2) is 36.9 Å². The van der Waals surface area contributed by atoms with Gasteiger partial charge in [-0.25, -0.2) is 0 Å². The number of carbonyl (C=O) groups excluding carboxylic acids is 2. The number of anilines is 1. The highest BCUT2D eigenvalue weighted by atomic mass is 16.3. The topological polar surface area (TPSA) is 74.6 Å². The van der Waals surface area contributed by atoms with Crippen molar-refractivity contribution in [2.45, 2.75) is 27.3 Å². The molecule has 1 aromatic heterocycles. The van der Waals surface area contributed by atoms with Gasteiger partial charge in [-0.15, -0.1) is 0 Å². The van der Waals surface area contributed by atoms with E-state index in [-0.39, 0.29) is 24.9 Å². The first-order valence-corrected chi connectivity index (χ1v) is 8.22. The first-order chi connectivity index (χ1) is 11.8. The predicted octanol–water partition coefficient (Wildman–Crippen LogP) is 2.39. The Morgan fingerprint density at radius 3 is 2.52 bits per heavy atom. The van der Waals surface area contributed by atoms with Gasteiger partial charge in [0.2, 0.25) is 11.8 Å². The lowest BCUT2D eigenvalue weighted by Gasteiger charge is -2.15. The van der Waals surface area contributed by atoms with Crippen LogP contribution < -0.4 is 10.6 Å². The van der Waals surface area contributed by atoms with E-state index in [4.69, 9.17) is 4.42 Å². The minimum absolute atomic E-state index is 0.0556. The Balaban J connectivity index is 1.75. The van der Waals surface area contributed by atoms with Crippen molar-refractivity contribution in [2.24, 2.45) is 0 Å². The van der Waals surface area contributed by atoms with E-state index in [2.05, 4.69) is 10.6 Å². The normalized spacial score (nSPS) is 10.8. The Morgan fingerprint density at radius 1 is 1.08 bits per heavy atom. The quantitative estimate of drug-likeness (QED) is 0.809. The summed E-state index contributed by atoms with van der Waals surface area (Å²) in [5, 5.41) is 5.46. The zero-order chi connectivity index (χ0) is 18.4. The zero-order valence-corrected chi connectivity index (χ0v) is 15.2. The highest BCUT2D eigenvalue weighted by Crippen LogP contribution is 2.17. The van der Waals surface area contributed by atoms with Crippen LogP contribution in [0, 0.1) is 20.8 Å². The molecule has 134 valence electrons. The van der Waals surface area contributed by atoms with E-state index in [1.54, 1.807) is 0 Å². The van der Waals surface area contributed by atoms with Crippen molar-refractivity contribution in [1.82, 2.24) is 10.2 Å². The van der Waals surface area contributed by atoms with Crippen LogP contribution in [0.1, 0.15) is 22.6 Å². The lowest BCUT2D eigenvalue weighted by Crippen LogP contribution is -2.39. The molecule has 0 saturated heterocycles. The minimum Gasteiger partial charge on any atom is -0.465 e. The van der Waals surface area contributed by atoms with Gasteiger partial charge in [0.15, 0.2) is 0 Å². The van der Waals surface area contributed by atoms with E-state index < -0.39 is 0 Å². The first-order valence-electron chi connectivity index (χ1n) is 8.22. The Morgan fingerprint density at radius 2 is 1.84 bits per heavy atom. The number of furan rings is 1. The number of nitrogens with zero attached hydrogens (tertiary/aromatic N) is 1. The van der Waals surface area contributed by atoms with Crippen molar-refractivity contribution in [1.29, 1.82) is 0 Å². The van der Waals surface area contributed by atoms with E-state index >= 15 is 0 Å². The molecule has 0 aliphatic carbocycles. The smallest absolute Gasteiger partial charge is 0.243 e. The fourth-order valence-corrected chi connectivity index (χ4v) is 2.45. The van der Waals surface area contributed by atoms with Crippen LogP contribution in [-0.2, 0) is 16.1 Å². The Bertz CT molecular complexity index is 752. The van der Waals surface area contributed by atoms with E-state index in [0.29, 0.717) is 6.54 Å². The molecule has 0 spiro atoms. The number of carbonyl (C=O) groups is 2. The van der Waals surface area contributed by atoms with Gasteiger partial charge in [-0.2, -0.15) is 0 Å². The number of aryl methyl sites for hydroxylation is 2. The molecule has 6 nitrogen and oxygen atoms in total. The molecule has 0 bridgehead atoms. The molecule has 2 N–H and O–H groups in total. The highest BCUT2D eigenvalue weighted by molar-refractivity contribution is 5.95. The number of amides is 2. The SMILES string of the molecule is Cc1ccc(CN(C)CC(=O)NCC(=O)Nc2cccc(C)c2C)o1. The summed E-state index contributed by atoms with van der Waals surface area (Å²) >= 11 is 0. The standard InChI is InChI=1S/C19H25N3O3/c1-13-6-5-7-17(15(13)3)21-18(23)10-20-19(24)12-22(4)11-16-9-8-14(2)25-16/h5-9H,10-12H2,1-4H3,(H,20,24)(H,21,23). The lowest BCUT2D eigenvalue weighted by atomic mass is 10.1. The van der Waals surface area contributed by atoms with Crippen molar-refractivity contribution >= 4 is 17.5 Å². The van der Waals surface area contributed by atoms with E-state index in [9.17, 15) is 9.59 Å². The second-order valence-corrected chi connectivity index (χ2v) is 6.26. The zero-order valence-electron chi connectivity index (χ0n) is 15.2. The molecule has 2 aromatic rings. The number of benzene rings is 1. The van der Waals surface area contributed by atoms with E-state index in [1.807, 2.05) is 63.1 Å². The maximum absolute atomic E-state index is 12.0. The molecule has 2 rings (SSSR count). The summed E-state index contributed by atoms with van der Waals surface area (Å²) in [4.78, 5) is 25.8. The molecule has 6 heteroatoms. The van der Waals surface area contributed by atoms with Crippen LogP contribution >= 0.6 is 0 Å². The molecule has 0 aliphatic heterocycles. The number of hydrogen-bond donors (Lipinski definition) is 2. The Labute approximate surface area is 148 Å². The summed E-state index contributed by atoms with van der Waals surface area (Å²) < 4.78 is 5.48. The van der Waals surface area contributed by atoms with Gasteiger partial charge in [-0.05, 0) is 57.1 Å². The largest absolute Gasteiger partial charge is 0.465 e. The Kier molecular flexibility index (Phi) is 6.36. The molecular formula is C19H25N3O3. The van der Waals surface area contributed by atoms with Crippen LogP contribution in [0.3, 0.4) is 0 Å². The van der Waals surface area contributed by atoms with Crippen molar-refractivity contribution in [3.63, 3.8) is 0 Å². The molecule has 0 unspecified atom stereocenters. The minimum atomic E-state index is -0.244. The van der Waals surface area contributed by atoms with Crippen LogP contribution in [0.2, 0.25) is 0 Å². The summed E-state index contributed by atoms with van der Waals surface area (Å²) in [5.41, 5.74) is 2.90. The second-order valence-electron chi connectivity index (χ2n) is 6.26. The number of likely N-dealkylation sites (N-methyl/N-ethyl adjacent to an activating group) is 1. The van der Waals surface area contributed by atoms with Crippen molar-refractivity contribution in [3.05, 3.63) is 53.0 Å². The van der Waals surface area contributed by atoms with E-state index in [1.165, 1.54) is 0 Å². The molecular weight excluding hydrogens is 318 g/mol. The average molecular weight is 343 g/mol. The summed E-state index contributed by atoms with van der Waals surface area (Å²) in [6, 6.07) is 9.51. The molecule has 0 fully saturated rings. The van der Waals surface area contributed by atoms with Crippen LogP contribution in [0.25, 0.3) is 0 Å². The molecule has 0 radical (unpaired) electrons. The first kappa shape index (κ1) is 18.7. The number of nitrogens with one attached hydrogen (secondary N) is 2.